The molecule has 0 aliphatic heterocycles. The summed E-state index contributed by atoms with van der Waals surface area (Å²) in [7, 11) is 0. The average Bonchev–Trinajstić information content (AvgIpc) is 1.68. The molecule has 0 aromatic rings. The monoisotopic (exact) mass is 133 g/mol. The molecule has 0 atom stereocenters. The zero-order valence-electron chi connectivity index (χ0n) is 3.67. The van der Waals surface area contributed by atoms with Crippen LogP contribution < -0.4 is 0 Å². The number of aliphatic imine (C=N–C) groups is 1. The molecule has 0 heterocycles. The second-order valence-electron chi connectivity index (χ2n) is 0.673. The molecule has 0 N–H and O–H groups in total. The Kier molecular flexibility index (Phi) is 3.89. The van der Waals surface area contributed by atoms with Gasteiger partial charge >= 0.3 is 0 Å². The van der Waals surface area contributed by atoms with E-state index in [1.54, 1.807) is 6.26 Å². The van der Waals surface area contributed by atoms with E-state index in [1.807, 2.05) is 0 Å². The molecule has 4 heteroatoms. The van der Waals surface area contributed by atoms with Crippen molar-refractivity contribution in [1.82, 2.24) is 0 Å². The Labute approximate surface area is 51.0 Å². The van der Waals surface area contributed by atoms with Crippen LogP contribution in [0.25, 0.3) is 0 Å². The van der Waals surface area contributed by atoms with Gasteiger partial charge in [-0.25, -0.2) is 4.79 Å². The van der Waals surface area contributed by atoms with E-state index in [2.05, 4.69) is 17.2 Å². The lowest BCUT2D eigenvalue weighted by atomic mass is 11.4. The first-order valence-corrected chi connectivity index (χ1v) is 3.10. The smallest absolute Gasteiger partial charge is 0.211 e. The molecule has 0 rings (SSSR count). The number of thioether (sulfide) groups is 1. The number of hydrogen-bond acceptors (Lipinski definition) is 3. The molecule has 0 fully saturated rings. The standard InChI is InChI=1S/C3H3NOS2/c1-7-3(6)4-2-5/h1H3. The van der Waals surface area contributed by atoms with Crippen LogP contribution in [0.1, 0.15) is 0 Å². The van der Waals surface area contributed by atoms with Gasteiger partial charge in [-0.1, -0.05) is 11.8 Å². The fourth-order valence-electron chi connectivity index (χ4n) is 0.0829. The van der Waals surface area contributed by atoms with E-state index >= 15 is 0 Å². The van der Waals surface area contributed by atoms with Crippen LogP contribution in [0.4, 0.5) is 0 Å². The minimum absolute atomic E-state index is 0.329. The van der Waals surface area contributed by atoms with Crippen LogP contribution in [0, 0.1) is 0 Å². The summed E-state index contributed by atoms with van der Waals surface area (Å²) < 4.78 is 0.329. The Morgan fingerprint density at radius 2 is 2.57 bits per heavy atom. The molecule has 38 valence electrons. The molecule has 0 aromatic carbocycles. The number of carbonyl (C=O) groups excluding carboxylic acids is 1. The molecule has 2 nitrogen and oxygen atoms in total. The first-order valence-electron chi connectivity index (χ1n) is 1.47. The minimum atomic E-state index is 0.329. The molecule has 0 aromatic heterocycles. The topological polar surface area (TPSA) is 29.4 Å². The third kappa shape index (κ3) is 3.66. The van der Waals surface area contributed by atoms with Crippen LogP contribution in [0.5, 0.6) is 0 Å². The van der Waals surface area contributed by atoms with E-state index in [4.69, 9.17) is 0 Å². The van der Waals surface area contributed by atoms with E-state index in [0.29, 0.717) is 4.32 Å². The fraction of sp³-hybridized carbons (Fsp3) is 0.333. The predicted molar refractivity (Wildman–Crippen MR) is 34.2 cm³/mol. The maximum Gasteiger partial charge on any atom is 0.241 e. The lowest BCUT2D eigenvalue weighted by Gasteiger charge is -1.77. The van der Waals surface area contributed by atoms with Crippen molar-refractivity contribution in [2.24, 2.45) is 4.99 Å². The summed E-state index contributed by atoms with van der Waals surface area (Å²) in [6.45, 7) is 0. The molecule has 7 heavy (non-hydrogen) atoms. The normalized spacial score (nSPS) is 7.00. The van der Waals surface area contributed by atoms with E-state index in [0.717, 1.165) is 0 Å². The highest BCUT2D eigenvalue weighted by molar-refractivity contribution is 8.22. The quantitative estimate of drug-likeness (QED) is 0.280. The Balaban J connectivity index is 3.58. The van der Waals surface area contributed by atoms with Gasteiger partial charge in [0, 0.05) is 0 Å². The highest BCUT2D eigenvalue weighted by Gasteiger charge is 1.81. The Hall–Kier alpha value is -0.180. The Bertz CT molecular complexity index is 116. The summed E-state index contributed by atoms with van der Waals surface area (Å²) in [5, 5.41) is 0. The fourth-order valence-corrected chi connectivity index (χ4v) is 0.249. The maximum atomic E-state index is 9.38. The third-order valence-electron chi connectivity index (χ3n) is 0.312. The summed E-state index contributed by atoms with van der Waals surface area (Å²) in [6, 6.07) is 0. The molecule has 0 amide bonds. The minimum Gasteiger partial charge on any atom is -0.211 e. The summed E-state index contributed by atoms with van der Waals surface area (Å²) in [5.74, 6) is 0. The number of rotatable bonds is 0. The van der Waals surface area contributed by atoms with Gasteiger partial charge in [0.15, 0.2) is 4.32 Å². The highest BCUT2D eigenvalue weighted by Crippen LogP contribution is 1.96. The molecule has 0 saturated carbocycles. The molecule has 0 spiro atoms. The van der Waals surface area contributed by atoms with Crippen LogP contribution in [-0.2, 0) is 4.79 Å². The van der Waals surface area contributed by atoms with Gasteiger partial charge in [-0.05, 0) is 18.5 Å². The van der Waals surface area contributed by atoms with Gasteiger partial charge < -0.3 is 0 Å². The van der Waals surface area contributed by atoms with Gasteiger partial charge in [0.25, 0.3) is 0 Å². The largest absolute Gasteiger partial charge is 0.241 e. The summed E-state index contributed by atoms with van der Waals surface area (Å²) in [6.07, 6.45) is 3.08. The molecule has 0 radical (unpaired) electrons. The van der Waals surface area contributed by atoms with Crippen LogP contribution in [0.2, 0.25) is 0 Å². The lowest BCUT2D eigenvalue weighted by molar-refractivity contribution is 0.566. The first-order chi connectivity index (χ1) is 3.31. The van der Waals surface area contributed by atoms with Crippen molar-refractivity contribution < 1.29 is 4.79 Å². The molecule has 0 bridgehead atoms. The number of hydrogen-bond donors (Lipinski definition) is 0. The molecule has 0 aliphatic carbocycles. The van der Waals surface area contributed by atoms with Crippen molar-refractivity contribution in [3.63, 3.8) is 0 Å². The van der Waals surface area contributed by atoms with Gasteiger partial charge in [-0.15, -0.1) is 4.99 Å². The summed E-state index contributed by atoms with van der Waals surface area (Å²) in [5.41, 5.74) is 0. The molecule has 0 aliphatic rings. The van der Waals surface area contributed by atoms with Gasteiger partial charge in [-0.3, -0.25) is 0 Å². The summed E-state index contributed by atoms with van der Waals surface area (Å²) in [4.78, 5) is 12.5. The van der Waals surface area contributed by atoms with Crippen LogP contribution in [-0.4, -0.2) is 16.7 Å². The van der Waals surface area contributed by atoms with E-state index in [1.165, 1.54) is 17.8 Å². The van der Waals surface area contributed by atoms with Crippen LogP contribution in [0.15, 0.2) is 4.99 Å². The maximum absolute atomic E-state index is 9.38. The number of nitrogens with zero attached hydrogens (tertiary/aromatic N) is 1. The second-order valence-corrected chi connectivity index (χ2v) is 2.11. The summed E-state index contributed by atoms with van der Waals surface area (Å²) >= 11 is 5.74. The Morgan fingerprint density at radius 1 is 2.00 bits per heavy atom. The Morgan fingerprint density at radius 3 is 2.71 bits per heavy atom. The van der Waals surface area contributed by atoms with Crippen LogP contribution in [0.3, 0.4) is 0 Å². The average molecular weight is 133 g/mol. The molecular formula is C3H3NOS2. The van der Waals surface area contributed by atoms with Crippen molar-refractivity contribution >= 4 is 34.4 Å². The van der Waals surface area contributed by atoms with Gasteiger partial charge in [0.2, 0.25) is 6.08 Å². The van der Waals surface area contributed by atoms with Crippen molar-refractivity contribution in [3.05, 3.63) is 0 Å². The van der Waals surface area contributed by atoms with Gasteiger partial charge in [0.1, 0.15) is 0 Å². The lowest BCUT2D eigenvalue weighted by Crippen LogP contribution is -1.74. The molecule has 0 saturated heterocycles. The van der Waals surface area contributed by atoms with E-state index < -0.39 is 0 Å². The van der Waals surface area contributed by atoms with Crippen molar-refractivity contribution in [1.29, 1.82) is 0 Å². The zero-order chi connectivity index (χ0) is 5.70. The van der Waals surface area contributed by atoms with E-state index in [9.17, 15) is 4.79 Å². The molecular weight excluding hydrogens is 130 g/mol. The van der Waals surface area contributed by atoms with E-state index in [-0.39, 0.29) is 0 Å². The van der Waals surface area contributed by atoms with Crippen molar-refractivity contribution in [2.45, 2.75) is 0 Å². The van der Waals surface area contributed by atoms with Crippen molar-refractivity contribution in [2.75, 3.05) is 6.26 Å². The van der Waals surface area contributed by atoms with Gasteiger partial charge in [0.05, 0.1) is 0 Å². The predicted octanol–water partition coefficient (Wildman–Crippen LogP) is 0.970. The van der Waals surface area contributed by atoms with Gasteiger partial charge in [-0.2, -0.15) is 0 Å². The number of isocyanates is 1. The first kappa shape index (κ1) is 6.82. The SMILES string of the molecule is CSC(=S)N=C=O. The van der Waals surface area contributed by atoms with Crippen molar-refractivity contribution in [3.8, 4) is 0 Å². The zero-order valence-corrected chi connectivity index (χ0v) is 5.30. The highest BCUT2D eigenvalue weighted by atomic mass is 32.2. The second kappa shape index (κ2) is 3.99. The third-order valence-corrected chi connectivity index (χ3v) is 1.34. The number of thiocarbonyl (C=S) groups is 1. The molecule has 0 unspecified atom stereocenters. The van der Waals surface area contributed by atoms with Crippen LogP contribution >= 0.6 is 24.0 Å².